The minimum Gasteiger partial charge on any atom is -0.489 e. The van der Waals surface area contributed by atoms with Crippen LogP contribution in [0.3, 0.4) is 0 Å². The van der Waals surface area contributed by atoms with Crippen LogP contribution in [0.1, 0.15) is 17.5 Å². The molecule has 0 aromatic heterocycles. The highest BCUT2D eigenvalue weighted by Crippen LogP contribution is 2.41. The van der Waals surface area contributed by atoms with Gasteiger partial charge < -0.3 is 9.47 Å². The van der Waals surface area contributed by atoms with Crippen molar-refractivity contribution in [2.24, 2.45) is 5.11 Å². The molecule has 1 aliphatic heterocycles. The minimum absolute atomic E-state index is 0.244. The van der Waals surface area contributed by atoms with Crippen molar-refractivity contribution in [1.29, 1.82) is 0 Å². The molecule has 0 amide bonds. The molecule has 0 unspecified atom stereocenters. The van der Waals surface area contributed by atoms with Gasteiger partial charge in [0, 0.05) is 16.2 Å². The van der Waals surface area contributed by atoms with Crippen molar-refractivity contribution in [3.05, 3.63) is 63.8 Å². The van der Waals surface area contributed by atoms with Crippen LogP contribution in [0.25, 0.3) is 10.4 Å². The Labute approximate surface area is 126 Å². The molecule has 2 aromatic carbocycles. The van der Waals surface area contributed by atoms with Crippen LogP contribution in [-0.4, -0.2) is 6.61 Å². The Kier molecular flexibility index (Phi) is 4.12. The van der Waals surface area contributed by atoms with Crippen LogP contribution < -0.4 is 9.47 Å². The van der Waals surface area contributed by atoms with Crippen LogP contribution in [0.4, 0.5) is 10.1 Å². The molecule has 0 aliphatic carbocycles. The number of hydrogen-bond donors (Lipinski definition) is 0. The van der Waals surface area contributed by atoms with Crippen LogP contribution in [-0.2, 0) is 13.0 Å². The van der Waals surface area contributed by atoms with E-state index in [4.69, 9.17) is 15.0 Å². The monoisotopic (exact) mass is 299 g/mol. The van der Waals surface area contributed by atoms with Crippen molar-refractivity contribution < 1.29 is 13.9 Å². The Morgan fingerprint density at radius 1 is 1.32 bits per heavy atom. The summed E-state index contributed by atoms with van der Waals surface area (Å²) in [4.78, 5) is 2.83. The summed E-state index contributed by atoms with van der Waals surface area (Å²) < 4.78 is 24.6. The number of hydrogen-bond acceptors (Lipinski definition) is 3. The van der Waals surface area contributed by atoms with Gasteiger partial charge in [-0.1, -0.05) is 17.2 Å². The molecule has 0 saturated carbocycles. The summed E-state index contributed by atoms with van der Waals surface area (Å²) in [6, 6.07) is 9.70. The molecule has 0 fully saturated rings. The molecule has 0 N–H and O–H groups in total. The van der Waals surface area contributed by atoms with Crippen molar-refractivity contribution in [2.75, 3.05) is 6.61 Å². The average molecular weight is 299 g/mol. The number of benzene rings is 2. The third-order valence-corrected chi connectivity index (χ3v) is 3.45. The standard InChI is InChI=1S/C16H14FN3O2/c17-12-4-1-3-11(9-12)10-22-15-7-6-14(19-20-18)13-5-2-8-21-16(13)15/h1,3-4,6-7,9H,2,5,8,10H2. The molecule has 0 radical (unpaired) electrons. The van der Waals surface area contributed by atoms with Crippen LogP contribution in [0, 0.1) is 5.82 Å². The Hall–Kier alpha value is -2.72. The molecule has 0 atom stereocenters. The third kappa shape index (κ3) is 2.97. The zero-order valence-corrected chi connectivity index (χ0v) is 11.8. The molecule has 2 aromatic rings. The van der Waals surface area contributed by atoms with E-state index in [9.17, 15) is 4.39 Å². The first kappa shape index (κ1) is 14.2. The molecular weight excluding hydrogens is 285 g/mol. The van der Waals surface area contributed by atoms with Gasteiger partial charge in [-0.2, -0.15) is 0 Å². The second-order valence-electron chi connectivity index (χ2n) is 4.95. The molecule has 0 bridgehead atoms. The second kappa shape index (κ2) is 6.37. The van der Waals surface area contributed by atoms with E-state index in [1.165, 1.54) is 12.1 Å². The van der Waals surface area contributed by atoms with Gasteiger partial charge in [-0.25, -0.2) is 4.39 Å². The lowest BCUT2D eigenvalue weighted by atomic mass is 10.0. The topological polar surface area (TPSA) is 67.2 Å². The van der Waals surface area contributed by atoms with E-state index in [0.29, 0.717) is 23.8 Å². The van der Waals surface area contributed by atoms with E-state index < -0.39 is 0 Å². The number of fused-ring (bicyclic) bond motifs is 1. The van der Waals surface area contributed by atoms with Gasteiger partial charge in [0.15, 0.2) is 11.5 Å². The Morgan fingerprint density at radius 3 is 3.05 bits per heavy atom. The lowest BCUT2D eigenvalue weighted by Crippen LogP contribution is -2.10. The van der Waals surface area contributed by atoms with Gasteiger partial charge in [0.2, 0.25) is 0 Å². The smallest absolute Gasteiger partial charge is 0.164 e. The van der Waals surface area contributed by atoms with Crippen LogP contribution in [0.15, 0.2) is 41.5 Å². The summed E-state index contributed by atoms with van der Waals surface area (Å²) in [5, 5.41) is 3.69. The van der Waals surface area contributed by atoms with Gasteiger partial charge in [0.1, 0.15) is 12.4 Å². The highest BCUT2D eigenvalue weighted by Gasteiger charge is 2.19. The fourth-order valence-electron chi connectivity index (χ4n) is 2.46. The molecule has 112 valence electrons. The van der Waals surface area contributed by atoms with Crippen LogP contribution in [0.2, 0.25) is 0 Å². The summed E-state index contributed by atoms with van der Waals surface area (Å²) in [7, 11) is 0. The Bertz CT molecular complexity index is 742. The SMILES string of the molecule is [N-]=[N+]=Nc1ccc(OCc2cccc(F)c2)c2c1CCCO2. The molecule has 0 spiro atoms. The molecule has 1 heterocycles. The van der Waals surface area contributed by atoms with Crippen LogP contribution in [0.5, 0.6) is 11.5 Å². The average Bonchev–Trinajstić information content (AvgIpc) is 2.54. The Balaban J connectivity index is 1.86. The fourth-order valence-corrected chi connectivity index (χ4v) is 2.46. The zero-order valence-electron chi connectivity index (χ0n) is 11.8. The quantitative estimate of drug-likeness (QED) is 0.467. The van der Waals surface area contributed by atoms with Gasteiger partial charge in [-0.15, -0.1) is 0 Å². The molecule has 6 heteroatoms. The molecular formula is C16H14FN3O2. The van der Waals surface area contributed by atoms with E-state index in [0.717, 1.165) is 24.0 Å². The van der Waals surface area contributed by atoms with Crippen molar-refractivity contribution in [3.63, 3.8) is 0 Å². The first-order chi connectivity index (χ1) is 10.8. The second-order valence-corrected chi connectivity index (χ2v) is 4.95. The number of rotatable bonds is 4. The van der Waals surface area contributed by atoms with Gasteiger partial charge >= 0.3 is 0 Å². The maximum absolute atomic E-state index is 13.2. The summed E-state index contributed by atoms with van der Waals surface area (Å²) in [5.74, 6) is 0.904. The van der Waals surface area contributed by atoms with Gasteiger partial charge in [-0.05, 0) is 48.2 Å². The first-order valence-electron chi connectivity index (χ1n) is 6.99. The predicted octanol–water partition coefficient (Wildman–Crippen LogP) is 4.67. The maximum atomic E-state index is 13.2. The summed E-state index contributed by atoms with van der Waals surface area (Å²) >= 11 is 0. The number of halogens is 1. The van der Waals surface area contributed by atoms with E-state index in [1.807, 2.05) is 0 Å². The fraction of sp³-hybridized carbons (Fsp3) is 0.250. The van der Waals surface area contributed by atoms with Crippen molar-refractivity contribution in [2.45, 2.75) is 19.4 Å². The largest absolute Gasteiger partial charge is 0.489 e. The van der Waals surface area contributed by atoms with Crippen LogP contribution >= 0.6 is 0 Å². The highest BCUT2D eigenvalue weighted by molar-refractivity contribution is 5.60. The van der Waals surface area contributed by atoms with Gasteiger partial charge in [0.05, 0.1) is 6.61 Å². The van der Waals surface area contributed by atoms with Crippen molar-refractivity contribution in [1.82, 2.24) is 0 Å². The molecule has 3 rings (SSSR count). The zero-order chi connectivity index (χ0) is 15.4. The lowest BCUT2D eigenvalue weighted by Gasteiger charge is -2.22. The van der Waals surface area contributed by atoms with E-state index in [-0.39, 0.29) is 12.4 Å². The summed E-state index contributed by atoms with van der Waals surface area (Å²) in [6.07, 6.45) is 1.65. The number of nitrogens with zero attached hydrogens (tertiary/aromatic N) is 3. The molecule has 22 heavy (non-hydrogen) atoms. The summed E-state index contributed by atoms with van der Waals surface area (Å²) in [5.41, 5.74) is 10.8. The van der Waals surface area contributed by atoms with Crippen molar-refractivity contribution in [3.8, 4) is 11.5 Å². The molecule has 5 nitrogen and oxygen atoms in total. The molecule has 0 saturated heterocycles. The third-order valence-electron chi connectivity index (χ3n) is 3.45. The van der Waals surface area contributed by atoms with E-state index in [1.54, 1.807) is 24.3 Å². The number of azide groups is 1. The summed E-state index contributed by atoms with van der Waals surface area (Å²) in [6.45, 7) is 0.845. The minimum atomic E-state index is -0.293. The normalized spacial score (nSPS) is 12.8. The molecule has 1 aliphatic rings. The van der Waals surface area contributed by atoms with Gasteiger partial charge in [0.25, 0.3) is 0 Å². The van der Waals surface area contributed by atoms with Gasteiger partial charge in [-0.3, -0.25) is 0 Å². The van der Waals surface area contributed by atoms with E-state index in [2.05, 4.69) is 10.0 Å². The predicted molar refractivity (Wildman–Crippen MR) is 79.8 cm³/mol. The first-order valence-corrected chi connectivity index (χ1v) is 6.99. The van der Waals surface area contributed by atoms with E-state index >= 15 is 0 Å². The lowest BCUT2D eigenvalue weighted by molar-refractivity contribution is 0.246. The highest BCUT2D eigenvalue weighted by atomic mass is 19.1. The number of ether oxygens (including phenoxy) is 2. The Morgan fingerprint density at radius 2 is 2.23 bits per heavy atom. The van der Waals surface area contributed by atoms with Crippen molar-refractivity contribution >= 4 is 5.69 Å². The maximum Gasteiger partial charge on any atom is 0.164 e.